The summed E-state index contributed by atoms with van der Waals surface area (Å²) >= 11 is 0. The highest BCUT2D eigenvalue weighted by Gasteiger charge is 2.25. The third-order valence-corrected chi connectivity index (χ3v) is 4.86. The van der Waals surface area contributed by atoms with E-state index in [4.69, 9.17) is 14.2 Å². The van der Waals surface area contributed by atoms with E-state index in [1.807, 2.05) is 13.1 Å². The number of piperidine rings is 1. The number of hydrogen-bond acceptors (Lipinski definition) is 7. The second kappa shape index (κ2) is 7.41. The number of fused-ring (bicyclic) bond motifs is 1. The summed E-state index contributed by atoms with van der Waals surface area (Å²) in [5, 5.41) is 6.90. The first kappa shape index (κ1) is 17.0. The van der Waals surface area contributed by atoms with Crippen LogP contribution < -0.4 is 10.2 Å². The second-order valence-electron chi connectivity index (χ2n) is 6.74. The van der Waals surface area contributed by atoms with E-state index in [1.54, 1.807) is 6.07 Å². The third-order valence-electron chi connectivity index (χ3n) is 4.86. The molecule has 138 valence electrons. The maximum Gasteiger partial charge on any atom is 0.273 e. The van der Waals surface area contributed by atoms with Gasteiger partial charge in [-0.2, -0.15) is 0 Å². The number of ether oxygens (including phenoxy) is 1. The maximum atomic E-state index is 12.4. The van der Waals surface area contributed by atoms with Crippen LogP contribution in [0.5, 0.6) is 0 Å². The van der Waals surface area contributed by atoms with Gasteiger partial charge in [-0.25, -0.2) is 9.97 Å². The molecule has 1 amide bonds. The summed E-state index contributed by atoms with van der Waals surface area (Å²) < 4.78 is 10.6. The van der Waals surface area contributed by atoms with E-state index >= 15 is 0 Å². The molecule has 0 radical (unpaired) electrons. The van der Waals surface area contributed by atoms with Crippen molar-refractivity contribution in [3.63, 3.8) is 0 Å². The zero-order valence-electron chi connectivity index (χ0n) is 14.9. The lowest BCUT2D eigenvalue weighted by molar-refractivity contribution is 0.0923. The smallest absolute Gasteiger partial charge is 0.273 e. The van der Waals surface area contributed by atoms with Gasteiger partial charge in [-0.3, -0.25) is 4.79 Å². The average Bonchev–Trinajstić information content (AvgIpc) is 3.17. The number of amides is 1. The van der Waals surface area contributed by atoms with Gasteiger partial charge in [0.2, 0.25) is 5.95 Å². The normalized spacial score (nSPS) is 19.9. The van der Waals surface area contributed by atoms with E-state index in [-0.39, 0.29) is 11.9 Å². The predicted molar refractivity (Wildman–Crippen MR) is 94.0 cm³/mol. The Morgan fingerprint density at radius 2 is 2.38 bits per heavy atom. The molecule has 1 atom stereocenters. The van der Waals surface area contributed by atoms with Crippen molar-refractivity contribution in [3.05, 3.63) is 35.0 Å². The predicted octanol–water partition coefficient (Wildman–Crippen LogP) is 1.50. The molecule has 26 heavy (non-hydrogen) atoms. The molecular weight excluding hydrogens is 334 g/mol. The van der Waals surface area contributed by atoms with Gasteiger partial charge in [-0.15, -0.1) is 0 Å². The van der Waals surface area contributed by atoms with Gasteiger partial charge in [0.05, 0.1) is 18.9 Å². The fraction of sp³-hybridized carbons (Fsp3) is 0.556. The summed E-state index contributed by atoms with van der Waals surface area (Å²) in [6, 6.07) is 1.74. The van der Waals surface area contributed by atoms with Gasteiger partial charge in [0, 0.05) is 49.8 Å². The number of aryl methyl sites for hydroxylation is 1. The summed E-state index contributed by atoms with van der Waals surface area (Å²) in [7, 11) is 0. The maximum absolute atomic E-state index is 12.4. The van der Waals surface area contributed by atoms with Gasteiger partial charge in [0.25, 0.3) is 5.91 Å². The van der Waals surface area contributed by atoms with Gasteiger partial charge >= 0.3 is 0 Å². The minimum Gasteiger partial charge on any atom is -0.376 e. The number of anilines is 1. The zero-order chi connectivity index (χ0) is 17.9. The van der Waals surface area contributed by atoms with Crippen molar-refractivity contribution in [1.29, 1.82) is 0 Å². The van der Waals surface area contributed by atoms with Crippen LogP contribution in [0.1, 0.15) is 47.3 Å². The molecule has 2 aromatic heterocycles. The minimum absolute atomic E-state index is 0.0426. The molecule has 0 aromatic carbocycles. The molecular formula is C18H23N5O3. The van der Waals surface area contributed by atoms with Crippen LogP contribution in [0.15, 0.2) is 16.8 Å². The highest BCUT2D eigenvalue weighted by Crippen LogP contribution is 2.20. The minimum atomic E-state index is -0.191. The molecule has 0 bridgehead atoms. The molecule has 2 aliphatic heterocycles. The molecule has 1 fully saturated rings. The SMILES string of the molecule is CCc1cc(C(=O)N[C@@H]2CCCN(c3ncc4c(n3)CCOC4)C2)no1. The number of nitrogens with zero attached hydrogens (tertiary/aromatic N) is 4. The van der Waals surface area contributed by atoms with Crippen LogP contribution in [0.3, 0.4) is 0 Å². The summed E-state index contributed by atoms with van der Waals surface area (Å²) in [6.07, 6.45) is 5.32. The molecule has 4 heterocycles. The first-order chi connectivity index (χ1) is 12.7. The number of nitrogens with one attached hydrogen (secondary N) is 1. The van der Waals surface area contributed by atoms with Crippen molar-refractivity contribution < 1.29 is 14.1 Å². The van der Waals surface area contributed by atoms with Crippen molar-refractivity contribution in [1.82, 2.24) is 20.4 Å². The Labute approximate surface area is 151 Å². The number of hydrogen-bond donors (Lipinski definition) is 1. The van der Waals surface area contributed by atoms with Gasteiger partial charge < -0.3 is 19.5 Å². The van der Waals surface area contributed by atoms with Crippen LogP contribution in [-0.2, 0) is 24.2 Å². The van der Waals surface area contributed by atoms with Crippen LogP contribution in [0.4, 0.5) is 5.95 Å². The topological polar surface area (TPSA) is 93.4 Å². The molecule has 0 spiro atoms. The van der Waals surface area contributed by atoms with Crippen LogP contribution in [0.2, 0.25) is 0 Å². The standard InChI is InChI=1S/C18H23N5O3/c1-2-14-8-16(22-26-14)17(24)20-13-4-3-6-23(10-13)18-19-9-12-11-25-7-5-15(12)21-18/h8-9,13H,2-7,10-11H2,1H3,(H,20,24)/t13-/m1/s1. The van der Waals surface area contributed by atoms with E-state index < -0.39 is 0 Å². The average molecular weight is 357 g/mol. The molecule has 0 saturated carbocycles. The Morgan fingerprint density at radius 1 is 1.46 bits per heavy atom. The lowest BCUT2D eigenvalue weighted by Crippen LogP contribution is -2.48. The molecule has 4 rings (SSSR count). The Bertz CT molecular complexity index is 791. The van der Waals surface area contributed by atoms with Crippen molar-refractivity contribution in [3.8, 4) is 0 Å². The van der Waals surface area contributed by atoms with E-state index in [9.17, 15) is 4.79 Å². The molecule has 8 heteroatoms. The van der Waals surface area contributed by atoms with Crippen LogP contribution >= 0.6 is 0 Å². The molecule has 0 aliphatic carbocycles. The van der Waals surface area contributed by atoms with Crippen molar-refractivity contribution in [2.24, 2.45) is 0 Å². The molecule has 0 unspecified atom stereocenters. The lowest BCUT2D eigenvalue weighted by atomic mass is 10.1. The van der Waals surface area contributed by atoms with Gasteiger partial charge in [0.15, 0.2) is 5.69 Å². The van der Waals surface area contributed by atoms with Crippen LogP contribution in [0, 0.1) is 0 Å². The Balaban J connectivity index is 1.41. The van der Waals surface area contributed by atoms with Crippen molar-refractivity contribution >= 4 is 11.9 Å². The van der Waals surface area contributed by atoms with E-state index in [2.05, 4.69) is 20.4 Å². The highest BCUT2D eigenvalue weighted by molar-refractivity contribution is 5.92. The molecule has 1 N–H and O–H groups in total. The van der Waals surface area contributed by atoms with E-state index in [0.29, 0.717) is 31.2 Å². The second-order valence-corrected chi connectivity index (χ2v) is 6.74. The number of carbonyl (C=O) groups is 1. The van der Waals surface area contributed by atoms with Crippen LogP contribution in [-0.4, -0.2) is 46.8 Å². The molecule has 2 aliphatic rings. The van der Waals surface area contributed by atoms with Crippen LogP contribution in [0.25, 0.3) is 0 Å². The molecule has 1 saturated heterocycles. The third kappa shape index (κ3) is 3.55. The fourth-order valence-electron chi connectivity index (χ4n) is 3.39. The number of carbonyl (C=O) groups excluding carboxylic acids is 1. The largest absolute Gasteiger partial charge is 0.376 e. The highest BCUT2D eigenvalue weighted by atomic mass is 16.5. The number of rotatable bonds is 4. The number of aromatic nitrogens is 3. The van der Waals surface area contributed by atoms with E-state index in [1.165, 1.54) is 0 Å². The summed E-state index contributed by atoms with van der Waals surface area (Å²) in [4.78, 5) is 23.7. The quantitative estimate of drug-likeness (QED) is 0.886. The first-order valence-corrected chi connectivity index (χ1v) is 9.17. The fourth-order valence-corrected chi connectivity index (χ4v) is 3.39. The Hall–Kier alpha value is -2.48. The van der Waals surface area contributed by atoms with Crippen molar-refractivity contribution in [2.45, 2.75) is 45.3 Å². The van der Waals surface area contributed by atoms with Crippen molar-refractivity contribution in [2.75, 3.05) is 24.6 Å². The first-order valence-electron chi connectivity index (χ1n) is 9.17. The Kier molecular flexibility index (Phi) is 4.83. The summed E-state index contributed by atoms with van der Waals surface area (Å²) in [5.41, 5.74) is 2.48. The van der Waals surface area contributed by atoms with Gasteiger partial charge in [-0.05, 0) is 12.8 Å². The lowest BCUT2D eigenvalue weighted by Gasteiger charge is -2.33. The Morgan fingerprint density at radius 3 is 3.23 bits per heavy atom. The summed E-state index contributed by atoms with van der Waals surface area (Å²) in [5.74, 6) is 1.26. The van der Waals surface area contributed by atoms with Gasteiger partial charge in [-0.1, -0.05) is 12.1 Å². The zero-order valence-corrected chi connectivity index (χ0v) is 14.9. The molecule has 2 aromatic rings. The monoisotopic (exact) mass is 357 g/mol. The van der Waals surface area contributed by atoms with E-state index in [0.717, 1.165) is 49.4 Å². The van der Waals surface area contributed by atoms with Gasteiger partial charge in [0.1, 0.15) is 5.76 Å². The summed E-state index contributed by atoms with van der Waals surface area (Å²) in [6.45, 7) is 4.85. The molecule has 8 nitrogen and oxygen atoms in total.